The lowest BCUT2D eigenvalue weighted by Crippen LogP contribution is -2.49. The Morgan fingerprint density at radius 1 is 1.11 bits per heavy atom. The summed E-state index contributed by atoms with van der Waals surface area (Å²) >= 11 is 12.2. The number of carbonyl (C=O) groups is 3. The Hall–Kier alpha value is -4.79. The van der Waals surface area contributed by atoms with E-state index in [0.29, 0.717) is 11.1 Å². The Bertz CT molecular complexity index is 1860. The van der Waals surface area contributed by atoms with E-state index in [1.165, 1.54) is 27.8 Å². The van der Waals surface area contributed by atoms with Crippen LogP contribution in [0.1, 0.15) is 54.0 Å². The number of nitriles is 1. The molecule has 0 unspecified atom stereocenters. The lowest BCUT2D eigenvalue weighted by Gasteiger charge is -2.27. The molecule has 10 nitrogen and oxygen atoms in total. The molecule has 45 heavy (non-hydrogen) atoms. The minimum absolute atomic E-state index is 0.0295. The highest BCUT2D eigenvalue weighted by Gasteiger charge is 2.51. The molecule has 228 valence electrons. The van der Waals surface area contributed by atoms with Gasteiger partial charge in [-0.25, -0.2) is 14.3 Å². The fourth-order valence-corrected chi connectivity index (χ4v) is 6.10. The average molecular weight is 647 g/mol. The standard InChI is InChI=1S/C32H26Cl2FN7O3/c1-18(27(43)40-32(10-11-32)25-5-3-4-12-37-25)39-28(44)24-17-38-30-41(21-13-22(33)26(35)23(34)14-21)29(45)31(2,42(24)30)15-19-6-8-20(16-36)9-7-19/h3-9,12-14,17-18H,10-11,15H2,1-2H3,(H,39,44)(H,40,43)/t18-,31-/m1/s1. The van der Waals surface area contributed by atoms with E-state index in [1.807, 2.05) is 12.1 Å². The normalized spacial score (nSPS) is 18.6. The first-order valence-electron chi connectivity index (χ1n) is 14.1. The summed E-state index contributed by atoms with van der Waals surface area (Å²) in [4.78, 5) is 51.2. The number of hydrogen-bond donors (Lipinski definition) is 2. The quantitative estimate of drug-likeness (QED) is 0.255. The summed E-state index contributed by atoms with van der Waals surface area (Å²) in [6.07, 6.45) is 4.56. The Morgan fingerprint density at radius 2 is 1.80 bits per heavy atom. The highest BCUT2D eigenvalue weighted by atomic mass is 35.5. The van der Waals surface area contributed by atoms with Gasteiger partial charge in [0.1, 0.15) is 17.3 Å². The number of hydrogen-bond acceptors (Lipinski definition) is 6. The van der Waals surface area contributed by atoms with Crippen molar-refractivity contribution in [2.24, 2.45) is 0 Å². The number of halogens is 3. The molecule has 0 spiro atoms. The van der Waals surface area contributed by atoms with Crippen molar-refractivity contribution in [3.05, 3.63) is 105 Å². The maximum absolute atomic E-state index is 14.3. The number of anilines is 2. The number of fused-ring (bicyclic) bond motifs is 1. The third-order valence-corrected chi connectivity index (χ3v) is 8.75. The number of amides is 3. The van der Waals surface area contributed by atoms with E-state index < -0.39 is 34.8 Å². The molecule has 0 radical (unpaired) electrons. The molecule has 1 aliphatic heterocycles. The van der Waals surface area contributed by atoms with Gasteiger partial charge in [-0.2, -0.15) is 5.26 Å². The molecule has 2 aromatic carbocycles. The van der Waals surface area contributed by atoms with Gasteiger partial charge in [0.25, 0.3) is 11.8 Å². The second kappa shape index (κ2) is 11.3. The Labute approximate surface area is 267 Å². The van der Waals surface area contributed by atoms with E-state index in [-0.39, 0.29) is 39.7 Å². The number of rotatable bonds is 8. The zero-order chi connectivity index (χ0) is 32.1. The Balaban J connectivity index is 1.33. The van der Waals surface area contributed by atoms with E-state index in [4.69, 9.17) is 23.2 Å². The smallest absolute Gasteiger partial charge is 0.270 e. The maximum Gasteiger partial charge on any atom is 0.270 e. The number of carbonyl (C=O) groups excluding carboxylic acids is 3. The van der Waals surface area contributed by atoms with Gasteiger partial charge in [-0.1, -0.05) is 41.4 Å². The monoisotopic (exact) mass is 645 g/mol. The van der Waals surface area contributed by atoms with Crippen LogP contribution in [0, 0.1) is 17.1 Å². The predicted octanol–water partition coefficient (Wildman–Crippen LogP) is 5.16. The lowest BCUT2D eigenvalue weighted by molar-refractivity contribution is -0.124. The predicted molar refractivity (Wildman–Crippen MR) is 165 cm³/mol. The molecular formula is C32H26Cl2FN7O3. The summed E-state index contributed by atoms with van der Waals surface area (Å²) < 4.78 is 15.8. The van der Waals surface area contributed by atoms with Crippen LogP contribution in [-0.4, -0.2) is 38.3 Å². The molecule has 3 amide bonds. The summed E-state index contributed by atoms with van der Waals surface area (Å²) in [7, 11) is 0. The van der Waals surface area contributed by atoms with Gasteiger partial charge >= 0.3 is 0 Å². The van der Waals surface area contributed by atoms with Gasteiger partial charge in [0.15, 0.2) is 5.82 Å². The van der Waals surface area contributed by atoms with Crippen molar-refractivity contribution < 1.29 is 18.8 Å². The molecule has 1 fully saturated rings. The van der Waals surface area contributed by atoms with Crippen LogP contribution in [0.2, 0.25) is 10.0 Å². The average Bonchev–Trinajstić information content (AvgIpc) is 3.62. The third kappa shape index (κ3) is 5.30. The van der Waals surface area contributed by atoms with E-state index in [0.717, 1.165) is 18.5 Å². The first-order chi connectivity index (χ1) is 21.5. The fourth-order valence-electron chi connectivity index (χ4n) is 5.62. The molecule has 6 rings (SSSR count). The highest BCUT2D eigenvalue weighted by molar-refractivity contribution is 6.35. The minimum atomic E-state index is -1.40. The number of nitrogens with one attached hydrogen (secondary N) is 2. The van der Waals surface area contributed by atoms with Gasteiger partial charge in [0.2, 0.25) is 11.9 Å². The van der Waals surface area contributed by atoms with Crippen molar-refractivity contribution >= 4 is 52.6 Å². The molecule has 3 heterocycles. The number of pyridine rings is 1. The molecule has 13 heteroatoms. The minimum Gasteiger partial charge on any atom is -0.343 e. The second-order valence-electron chi connectivity index (χ2n) is 11.4. The summed E-state index contributed by atoms with van der Waals surface area (Å²) in [6.45, 7) is 3.22. The van der Waals surface area contributed by atoms with Crippen molar-refractivity contribution in [2.75, 3.05) is 4.90 Å². The van der Waals surface area contributed by atoms with Gasteiger partial charge in [-0.05, 0) is 68.7 Å². The van der Waals surface area contributed by atoms with Crippen LogP contribution in [0.25, 0.3) is 0 Å². The van der Waals surface area contributed by atoms with Crippen LogP contribution in [0.15, 0.2) is 67.0 Å². The van der Waals surface area contributed by atoms with Crippen molar-refractivity contribution in [2.45, 2.75) is 50.2 Å². The van der Waals surface area contributed by atoms with Crippen molar-refractivity contribution in [1.29, 1.82) is 5.26 Å². The molecule has 2 aliphatic rings. The van der Waals surface area contributed by atoms with Crippen LogP contribution < -0.4 is 15.5 Å². The molecule has 4 aromatic rings. The van der Waals surface area contributed by atoms with Crippen molar-refractivity contribution in [1.82, 2.24) is 25.2 Å². The fraction of sp³-hybridized carbons (Fsp3) is 0.250. The Morgan fingerprint density at radius 3 is 2.40 bits per heavy atom. The molecule has 2 atom stereocenters. The summed E-state index contributed by atoms with van der Waals surface area (Å²) in [6, 6.07) is 15.9. The van der Waals surface area contributed by atoms with Crippen molar-refractivity contribution in [3.8, 4) is 6.07 Å². The zero-order valence-corrected chi connectivity index (χ0v) is 25.7. The first-order valence-corrected chi connectivity index (χ1v) is 14.8. The van der Waals surface area contributed by atoms with Gasteiger partial charge in [0.05, 0.1) is 44.8 Å². The van der Waals surface area contributed by atoms with E-state index in [9.17, 15) is 24.0 Å². The zero-order valence-electron chi connectivity index (χ0n) is 24.1. The van der Waals surface area contributed by atoms with E-state index in [1.54, 1.807) is 50.4 Å². The van der Waals surface area contributed by atoms with Gasteiger partial charge in [0, 0.05) is 12.6 Å². The van der Waals surface area contributed by atoms with E-state index >= 15 is 0 Å². The summed E-state index contributed by atoms with van der Waals surface area (Å²) in [5.74, 6) is -2.24. The summed E-state index contributed by atoms with van der Waals surface area (Å²) in [5.41, 5.74) is 0.138. The number of benzene rings is 2. The summed E-state index contributed by atoms with van der Waals surface area (Å²) in [5, 5.41) is 14.4. The second-order valence-corrected chi connectivity index (χ2v) is 12.2. The molecule has 1 saturated carbocycles. The lowest BCUT2D eigenvalue weighted by atomic mass is 9.91. The van der Waals surface area contributed by atoms with Crippen LogP contribution >= 0.6 is 23.2 Å². The largest absolute Gasteiger partial charge is 0.343 e. The van der Waals surface area contributed by atoms with Gasteiger partial charge in [-0.3, -0.25) is 23.9 Å². The van der Waals surface area contributed by atoms with Crippen molar-refractivity contribution in [3.63, 3.8) is 0 Å². The van der Waals surface area contributed by atoms with Crippen LogP contribution in [0.4, 0.5) is 16.0 Å². The van der Waals surface area contributed by atoms with Crippen LogP contribution in [0.5, 0.6) is 0 Å². The Kier molecular flexibility index (Phi) is 7.59. The highest BCUT2D eigenvalue weighted by Crippen LogP contribution is 2.45. The third-order valence-electron chi connectivity index (χ3n) is 8.20. The number of nitrogens with zero attached hydrogens (tertiary/aromatic N) is 5. The maximum atomic E-state index is 14.3. The molecular weight excluding hydrogens is 620 g/mol. The SMILES string of the molecule is C[C@@H](NC(=O)c1cnc2n1[C@](C)(Cc1ccc(C#N)cc1)C(=O)N2c1cc(Cl)c(F)c(Cl)c1)C(=O)NC1(c2ccccn2)CC1. The molecule has 1 aliphatic carbocycles. The van der Waals surface area contributed by atoms with Crippen LogP contribution in [-0.2, 0) is 27.1 Å². The topological polar surface area (TPSA) is 133 Å². The van der Waals surface area contributed by atoms with E-state index in [2.05, 4.69) is 26.7 Å². The number of aromatic nitrogens is 3. The van der Waals surface area contributed by atoms with Gasteiger partial charge in [-0.15, -0.1) is 0 Å². The first kappa shape index (κ1) is 30.2. The molecule has 0 bridgehead atoms. The molecule has 2 aromatic heterocycles. The molecule has 2 N–H and O–H groups in total. The van der Waals surface area contributed by atoms with Crippen LogP contribution in [0.3, 0.4) is 0 Å². The number of imidazole rings is 1. The molecule has 0 saturated heterocycles. The van der Waals surface area contributed by atoms with Gasteiger partial charge < -0.3 is 10.6 Å².